The van der Waals surface area contributed by atoms with Crippen LogP contribution in [0.3, 0.4) is 0 Å². The molecule has 3 atom stereocenters. The molecular weight excluding hydrogens is 504 g/mol. The number of hydrogen-bond acceptors (Lipinski definition) is 3. The van der Waals surface area contributed by atoms with Crippen molar-refractivity contribution in [3.8, 4) is 0 Å². The third-order valence-corrected chi connectivity index (χ3v) is 9.41. The fourth-order valence-corrected chi connectivity index (χ4v) is 7.73. The number of fused-ring (bicyclic) bond motifs is 2. The summed E-state index contributed by atoms with van der Waals surface area (Å²) >= 11 is 0. The Hall–Kier alpha value is -3.59. The van der Waals surface area contributed by atoms with Crippen molar-refractivity contribution in [2.45, 2.75) is 78.6 Å². The second kappa shape index (κ2) is 12.5. The molecule has 0 radical (unpaired) electrons. The van der Waals surface area contributed by atoms with Gasteiger partial charge in [0.05, 0.1) is 6.42 Å². The second-order valence-electron chi connectivity index (χ2n) is 12.3. The van der Waals surface area contributed by atoms with Gasteiger partial charge in [-0.15, -0.1) is 0 Å². The van der Waals surface area contributed by atoms with E-state index in [4.69, 9.17) is 0 Å². The molecule has 3 unspecified atom stereocenters. The first kappa shape index (κ1) is 28.9. The predicted octanol–water partition coefficient (Wildman–Crippen LogP) is 8.22. The van der Waals surface area contributed by atoms with Gasteiger partial charge in [-0.3, -0.25) is 14.4 Å². The molecule has 3 nitrogen and oxygen atoms in total. The van der Waals surface area contributed by atoms with Crippen molar-refractivity contribution in [3.63, 3.8) is 0 Å². The monoisotopic (exact) mass is 546 g/mol. The molecule has 3 heteroatoms. The van der Waals surface area contributed by atoms with Crippen LogP contribution in [0.5, 0.6) is 0 Å². The highest BCUT2D eigenvalue weighted by molar-refractivity contribution is 6.13. The van der Waals surface area contributed by atoms with E-state index < -0.39 is 0 Å². The van der Waals surface area contributed by atoms with E-state index in [1.165, 1.54) is 23.6 Å². The summed E-state index contributed by atoms with van der Waals surface area (Å²) in [5.41, 5.74) is 8.61. The van der Waals surface area contributed by atoms with Crippen molar-refractivity contribution in [1.29, 1.82) is 0 Å². The highest BCUT2D eigenvalue weighted by Crippen LogP contribution is 2.47. The zero-order valence-corrected chi connectivity index (χ0v) is 24.9. The average Bonchev–Trinajstić information content (AvgIpc) is 2.93. The van der Waals surface area contributed by atoms with Crippen LogP contribution in [0, 0.1) is 24.7 Å². The molecule has 0 amide bonds. The molecule has 2 aliphatic rings. The van der Waals surface area contributed by atoms with E-state index in [9.17, 15) is 14.4 Å². The summed E-state index contributed by atoms with van der Waals surface area (Å²) in [5.74, 6) is 0.211. The van der Waals surface area contributed by atoms with Crippen molar-refractivity contribution in [3.05, 3.63) is 117 Å². The fourth-order valence-electron chi connectivity index (χ4n) is 7.73. The summed E-state index contributed by atoms with van der Waals surface area (Å²) < 4.78 is 0. The van der Waals surface area contributed by atoms with E-state index in [0.717, 1.165) is 66.4 Å². The Morgan fingerprint density at radius 2 is 1.49 bits per heavy atom. The van der Waals surface area contributed by atoms with Crippen LogP contribution >= 0.6 is 0 Å². The second-order valence-corrected chi connectivity index (χ2v) is 12.3. The molecule has 5 rings (SSSR count). The minimum Gasteiger partial charge on any atom is -0.300 e. The van der Waals surface area contributed by atoms with Crippen molar-refractivity contribution >= 4 is 17.3 Å². The number of carbonyl (C=O) groups excluding carboxylic acids is 3. The molecule has 0 fully saturated rings. The molecule has 0 aliphatic heterocycles. The molecule has 2 aliphatic carbocycles. The third kappa shape index (κ3) is 6.05. The number of allylic oxidation sites excluding steroid dienone is 2. The summed E-state index contributed by atoms with van der Waals surface area (Å²) in [6, 6.07) is 25.7. The lowest BCUT2D eigenvalue weighted by Crippen LogP contribution is -2.38. The third-order valence-electron chi connectivity index (χ3n) is 9.41. The molecule has 0 saturated heterocycles. The van der Waals surface area contributed by atoms with E-state index in [-0.39, 0.29) is 47.4 Å². The summed E-state index contributed by atoms with van der Waals surface area (Å²) in [5, 5.41) is 0. The molecule has 212 valence electrons. The molecule has 0 aromatic heterocycles. The van der Waals surface area contributed by atoms with Crippen LogP contribution in [-0.4, -0.2) is 17.3 Å². The Bertz CT molecular complexity index is 1420. The number of ketones is 3. The van der Waals surface area contributed by atoms with E-state index in [1.807, 2.05) is 6.92 Å². The normalized spacial score (nSPS) is 20.1. The quantitative estimate of drug-likeness (QED) is 0.241. The number of rotatable bonds is 10. The SMILES string of the molecule is CCCC1CC2Cc3ccc(C(Cc4ccccc4)Cc4ccccc4)c(C)c3C(=O)C2=C(C)C1C(=O)CC(C)=O. The van der Waals surface area contributed by atoms with Crippen molar-refractivity contribution in [2.24, 2.45) is 17.8 Å². The molecule has 41 heavy (non-hydrogen) atoms. The first-order chi connectivity index (χ1) is 19.8. The fraction of sp³-hybridized carbons (Fsp3) is 0.395. The van der Waals surface area contributed by atoms with Crippen LogP contribution in [0.25, 0.3) is 0 Å². The number of carbonyl (C=O) groups is 3. The smallest absolute Gasteiger partial charge is 0.189 e. The molecular formula is C38H42O3. The van der Waals surface area contributed by atoms with Gasteiger partial charge in [0.1, 0.15) is 11.6 Å². The van der Waals surface area contributed by atoms with Gasteiger partial charge in [-0.25, -0.2) is 0 Å². The largest absolute Gasteiger partial charge is 0.300 e. The first-order valence-corrected chi connectivity index (χ1v) is 15.3. The van der Waals surface area contributed by atoms with Gasteiger partial charge in [0, 0.05) is 17.1 Å². The average molecular weight is 547 g/mol. The highest BCUT2D eigenvalue weighted by Gasteiger charge is 2.43. The lowest BCUT2D eigenvalue weighted by molar-refractivity contribution is -0.129. The van der Waals surface area contributed by atoms with Gasteiger partial charge in [-0.05, 0) is 98.4 Å². The van der Waals surface area contributed by atoms with Crippen LogP contribution in [-0.2, 0) is 28.9 Å². The van der Waals surface area contributed by atoms with Crippen molar-refractivity contribution in [2.75, 3.05) is 0 Å². The number of benzene rings is 3. The van der Waals surface area contributed by atoms with Crippen LogP contribution in [0.2, 0.25) is 0 Å². The Labute approximate surface area is 245 Å². The molecule has 0 saturated carbocycles. The Kier molecular flexibility index (Phi) is 8.82. The van der Waals surface area contributed by atoms with Crippen LogP contribution < -0.4 is 0 Å². The van der Waals surface area contributed by atoms with Gasteiger partial charge in [-0.2, -0.15) is 0 Å². The predicted molar refractivity (Wildman–Crippen MR) is 165 cm³/mol. The molecule has 3 aromatic carbocycles. The zero-order valence-electron chi connectivity index (χ0n) is 24.9. The molecule has 3 aromatic rings. The Morgan fingerprint density at radius 3 is 2.05 bits per heavy atom. The molecule has 0 heterocycles. The zero-order chi connectivity index (χ0) is 29.1. The lowest BCUT2D eigenvalue weighted by atomic mass is 9.62. The van der Waals surface area contributed by atoms with Gasteiger partial charge in [0.15, 0.2) is 5.78 Å². The van der Waals surface area contributed by atoms with E-state index >= 15 is 0 Å². The van der Waals surface area contributed by atoms with Crippen LogP contribution in [0.15, 0.2) is 83.9 Å². The minimum absolute atomic E-state index is 0.0192. The standard InChI is InChI=1S/C38H42O3/c1-5-12-29-22-32-23-30-17-18-33(31(20-27-13-8-6-9-14-27)21-28-15-10-7-11-16-28)25(3)36(30)38(41)37(32)26(4)35(29)34(40)19-24(2)39/h6-11,13-18,29,31-32,35H,5,12,19-23H2,1-4H3. The minimum atomic E-state index is -0.331. The first-order valence-electron chi connectivity index (χ1n) is 15.3. The maximum atomic E-state index is 14.4. The van der Waals surface area contributed by atoms with E-state index in [0.29, 0.717) is 0 Å². The summed E-state index contributed by atoms with van der Waals surface area (Å²) in [7, 11) is 0. The Morgan fingerprint density at radius 1 is 0.878 bits per heavy atom. The van der Waals surface area contributed by atoms with Gasteiger partial charge >= 0.3 is 0 Å². The summed E-state index contributed by atoms with van der Waals surface area (Å²) in [6.45, 7) is 7.73. The summed E-state index contributed by atoms with van der Waals surface area (Å²) in [6.07, 6.45) is 5.35. The van der Waals surface area contributed by atoms with Crippen LogP contribution in [0.4, 0.5) is 0 Å². The van der Waals surface area contributed by atoms with Gasteiger partial charge < -0.3 is 0 Å². The van der Waals surface area contributed by atoms with Crippen LogP contribution in [0.1, 0.15) is 90.5 Å². The van der Waals surface area contributed by atoms with Crippen molar-refractivity contribution < 1.29 is 14.4 Å². The molecule has 0 N–H and O–H groups in total. The maximum Gasteiger partial charge on any atom is 0.189 e. The van der Waals surface area contributed by atoms with E-state index in [2.05, 4.69) is 86.6 Å². The molecule has 0 bridgehead atoms. The Balaban J connectivity index is 1.56. The van der Waals surface area contributed by atoms with Gasteiger partial charge in [0.25, 0.3) is 0 Å². The number of Topliss-reactive ketones (excluding diaryl/α,β-unsaturated/α-hetero) is 3. The highest BCUT2D eigenvalue weighted by atomic mass is 16.1. The van der Waals surface area contributed by atoms with Crippen molar-refractivity contribution in [1.82, 2.24) is 0 Å². The van der Waals surface area contributed by atoms with Gasteiger partial charge in [0.2, 0.25) is 0 Å². The van der Waals surface area contributed by atoms with Gasteiger partial charge in [-0.1, -0.05) is 91.7 Å². The topological polar surface area (TPSA) is 51.2 Å². The van der Waals surface area contributed by atoms with E-state index in [1.54, 1.807) is 0 Å². The summed E-state index contributed by atoms with van der Waals surface area (Å²) in [4.78, 5) is 39.6. The maximum absolute atomic E-state index is 14.4. The lowest BCUT2D eigenvalue weighted by Gasteiger charge is -2.41. The number of hydrogen-bond donors (Lipinski definition) is 0. The molecule has 0 spiro atoms.